The quantitative estimate of drug-likeness (QED) is 0.675. The first kappa shape index (κ1) is 12.1. The van der Waals surface area contributed by atoms with Crippen LogP contribution >= 0.6 is 15.9 Å². The Labute approximate surface area is 97.1 Å². The first-order valence-electron chi connectivity index (χ1n) is 4.64. The minimum absolute atomic E-state index is 0.296. The molecule has 0 aromatic carbocycles. The van der Waals surface area contributed by atoms with Crippen molar-refractivity contribution in [3.05, 3.63) is 28.5 Å². The van der Waals surface area contributed by atoms with Crippen molar-refractivity contribution in [1.82, 2.24) is 10.5 Å². The third kappa shape index (κ3) is 3.97. The van der Waals surface area contributed by atoms with E-state index >= 15 is 0 Å². The van der Waals surface area contributed by atoms with Crippen molar-refractivity contribution in [3.8, 4) is 0 Å². The topological polar surface area (TPSA) is 51.2 Å². The second-order valence-electron chi connectivity index (χ2n) is 3.48. The van der Waals surface area contributed by atoms with Gasteiger partial charge in [-0.2, -0.15) is 0 Å². The lowest BCUT2D eigenvalue weighted by Gasteiger charge is -2.08. The van der Waals surface area contributed by atoms with E-state index < -0.39 is 0 Å². The number of hydroxylamine groups is 1. The highest BCUT2D eigenvalue weighted by atomic mass is 79.9. The van der Waals surface area contributed by atoms with Gasteiger partial charge in [-0.3, -0.25) is 9.63 Å². The van der Waals surface area contributed by atoms with Gasteiger partial charge in [0, 0.05) is 6.20 Å². The second kappa shape index (κ2) is 5.82. The molecule has 0 unspecified atom stereocenters. The Hall–Kier alpha value is -0.940. The summed E-state index contributed by atoms with van der Waals surface area (Å²) in [6.07, 6.45) is 1.61. The van der Waals surface area contributed by atoms with Crippen LogP contribution in [-0.4, -0.2) is 17.5 Å². The van der Waals surface area contributed by atoms with Crippen molar-refractivity contribution in [2.75, 3.05) is 6.61 Å². The van der Waals surface area contributed by atoms with Gasteiger partial charge in [0.1, 0.15) is 4.60 Å². The maximum Gasteiger partial charge on any atom is 0.277 e. The van der Waals surface area contributed by atoms with Gasteiger partial charge in [-0.15, -0.1) is 0 Å². The van der Waals surface area contributed by atoms with E-state index in [-0.39, 0.29) is 5.91 Å². The molecule has 0 bridgehead atoms. The van der Waals surface area contributed by atoms with Crippen molar-refractivity contribution in [2.24, 2.45) is 5.92 Å². The van der Waals surface area contributed by atoms with Crippen LogP contribution in [0.15, 0.2) is 22.9 Å². The zero-order valence-corrected chi connectivity index (χ0v) is 10.2. The van der Waals surface area contributed by atoms with Gasteiger partial charge < -0.3 is 0 Å². The molecule has 0 saturated carbocycles. The Kier molecular flexibility index (Phi) is 4.71. The van der Waals surface area contributed by atoms with Gasteiger partial charge in [0.05, 0.1) is 12.2 Å². The molecule has 0 saturated heterocycles. The average Bonchev–Trinajstić information content (AvgIpc) is 2.17. The number of hydrogen-bond acceptors (Lipinski definition) is 3. The van der Waals surface area contributed by atoms with Gasteiger partial charge in [-0.05, 0) is 34.0 Å². The lowest BCUT2D eigenvalue weighted by atomic mass is 10.2. The third-order valence-electron chi connectivity index (χ3n) is 1.59. The molecule has 0 radical (unpaired) electrons. The molecular formula is C10H13BrN2O2. The molecule has 0 aliphatic rings. The fourth-order valence-electron chi connectivity index (χ4n) is 0.884. The third-order valence-corrected chi connectivity index (χ3v) is 2.22. The number of nitrogens with one attached hydrogen (secondary N) is 1. The van der Waals surface area contributed by atoms with E-state index in [2.05, 4.69) is 26.4 Å². The molecule has 5 heteroatoms. The van der Waals surface area contributed by atoms with E-state index in [1.54, 1.807) is 18.3 Å². The Morgan fingerprint density at radius 1 is 1.67 bits per heavy atom. The van der Waals surface area contributed by atoms with Crippen molar-refractivity contribution in [3.63, 3.8) is 0 Å². The highest BCUT2D eigenvalue weighted by Gasteiger charge is 2.09. The van der Waals surface area contributed by atoms with Crippen LogP contribution < -0.4 is 5.48 Å². The van der Waals surface area contributed by atoms with E-state index in [9.17, 15) is 4.79 Å². The molecule has 4 nitrogen and oxygen atoms in total. The number of amides is 1. The number of carbonyl (C=O) groups excluding carboxylic acids is 1. The number of carbonyl (C=O) groups is 1. The summed E-state index contributed by atoms with van der Waals surface area (Å²) in [6, 6.07) is 3.37. The van der Waals surface area contributed by atoms with E-state index in [0.717, 1.165) is 0 Å². The fourth-order valence-corrected chi connectivity index (χ4v) is 1.31. The molecule has 1 aromatic heterocycles. The molecule has 0 atom stereocenters. The first-order chi connectivity index (χ1) is 7.11. The Bertz CT molecular complexity index is 342. The summed E-state index contributed by atoms with van der Waals surface area (Å²) >= 11 is 3.19. The van der Waals surface area contributed by atoms with Crippen molar-refractivity contribution < 1.29 is 9.63 Å². The summed E-state index contributed by atoms with van der Waals surface area (Å²) in [7, 11) is 0. The summed E-state index contributed by atoms with van der Waals surface area (Å²) in [4.78, 5) is 20.5. The van der Waals surface area contributed by atoms with Gasteiger partial charge in [-0.25, -0.2) is 10.5 Å². The molecule has 82 valence electrons. The largest absolute Gasteiger partial charge is 0.277 e. The zero-order valence-electron chi connectivity index (χ0n) is 8.66. The monoisotopic (exact) mass is 272 g/mol. The molecule has 1 heterocycles. The van der Waals surface area contributed by atoms with Gasteiger partial charge in [-0.1, -0.05) is 13.8 Å². The molecule has 1 rings (SSSR count). The summed E-state index contributed by atoms with van der Waals surface area (Å²) in [5, 5.41) is 0. The lowest BCUT2D eigenvalue weighted by molar-refractivity contribution is 0.0207. The standard InChI is InChI=1S/C10H13BrN2O2/c1-7(2)6-15-13-10(14)8-4-3-5-12-9(8)11/h3-5,7H,6H2,1-2H3,(H,13,14). The van der Waals surface area contributed by atoms with Gasteiger partial charge >= 0.3 is 0 Å². The highest BCUT2D eigenvalue weighted by molar-refractivity contribution is 9.10. The zero-order chi connectivity index (χ0) is 11.3. The molecule has 15 heavy (non-hydrogen) atoms. The predicted molar refractivity (Wildman–Crippen MR) is 60.2 cm³/mol. The molecular weight excluding hydrogens is 260 g/mol. The first-order valence-corrected chi connectivity index (χ1v) is 5.43. The predicted octanol–water partition coefficient (Wildman–Crippen LogP) is 2.16. The lowest BCUT2D eigenvalue weighted by Crippen LogP contribution is -2.26. The maximum atomic E-state index is 11.5. The van der Waals surface area contributed by atoms with E-state index in [1.807, 2.05) is 13.8 Å². The van der Waals surface area contributed by atoms with Crippen LogP contribution in [0.3, 0.4) is 0 Å². The Morgan fingerprint density at radius 3 is 3.00 bits per heavy atom. The number of pyridine rings is 1. The van der Waals surface area contributed by atoms with Gasteiger partial charge in [0.25, 0.3) is 5.91 Å². The van der Waals surface area contributed by atoms with Crippen LogP contribution in [0.5, 0.6) is 0 Å². The van der Waals surface area contributed by atoms with Crippen molar-refractivity contribution >= 4 is 21.8 Å². The summed E-state index contributed by atoms with van der Waals surface area (Å²) in [6.45, 7) is 4.50. The molecule has 0 aliphatic carbocycles. The molecule has 1 N–H and O–H groups in total. The normalized spacial score (nSPS) is 10.4. The summed E-state index contributed by atoms with van der Waals surface area (Å²) < 4.78 is 0.510. The molecule has 0 fully saturated rings. The van der Waals surface area contributed by atoms with Crippen LogP contribution in [0.2, 0.25) is 0 Å². The van der Waals surface area contributed by atoms with Crippen LogP contribution in [-0.2, 0) is 4.84 Å². The Morgan fingerprint density at radius 2 is 2.40 bits per heavy atom. The second-order valence-corrected chi connectivity index (χ2v) is 4.23. The summed E-state index contributed by atoms with van der Waals surface area (Å²) in [5.41, 5.74) is 2.82. The number of aromatic nitrogens is 1. The molecule has 1 amide bonds. The van der Waals surface area contributed by atoms with E-state index in [1.165, 1.54) is 0 Å². The average molecular weight is 273 g/mol. The van der Waals surface area contributed by atoms with Crippen molar-refractivity contribution in [2.45, 2.75) is 13.8 Å². The van der Waals surface area contributed by atoms with E-state index in [4.69, 9.17) is 4.84 Å². The smallest absolute Gasteiger partial charge is 0.273 e. The van der Waals surface area contributed by atoms with Crippen LogP contribution in [0, 0.1) is 5.92 Å². The Balaban J connectivity index is 2.51. The number of nitrogens with zero attached hydrogens (tertiary/aromatic N) is 1. The van der Waals surface area contributed by atoms with Gasteiger partial charge in [0.15, 0.2) is 0 Å². The number of rotatable bonds is 4. The molecule has 0 spiro atoms. The van der Waals surface area contributed by atoms with Crippen LogP contribution in [0.25, 0.3) is 0 Å². The van der Waals surface area contributed by atoms with Crippen LogP contribution in [0.4, 0.5) is 0 Å². The molecule has 1 aromatic rings. The van der Waals surface area contributed by atoms with Gasteiger partial charge in [0.2, 0.25) is 0 Å². The number of halogens is 1. The molecule has 0 aliphatic heterocycles. The highest BCUT2D eigenvalue weighted by Crippen LogP contribution is 2.11. The minimum atomic E-state index is -0.296. The van der Waals surface area contributed by atoms with Crippen molar-refractivity contribution in [1.29, 1.82) is 0 Å². The SMILES string of the molecule is CC(C)CONC(=O)c1cccnc1Br. The van der Waals surface area contributed by atoms with E-state index in [0.29, 0.717) is 22.7 Å². The fraction of sp³-hybridized carbons (Fsp3) is 0.400. The van der Waals surface area contributed by atoms with Crippen LogP contribution in [0.1, 0.15) is 24.2 Å². The summed E-state index contributed by atoms with van der Waals surface area (Å²) in [5.74, 6) is 0.0817. The minimum Gasteiger partial charge on any atom is -0.273 e. The maximum absolute atomic E-state index is 11.5. The number of hydrogen-bond donors (Lipinski definition) is 1.